The number of rotatable bonds is 2. The summed E-state index contributed by atoms with van der Waals surface area (Å²) >= 11 is 0. The number of hydrogen-bond acceptors (Lipinski definition) is 3. The standard InChI is InChI=1S/C14H25N3O2.ClH/c1-14(2,3)13(19)16-6-12(18)17-7-9-4-5-11(15)10(9)8-17;/h9-11H,4-8,15H2,1-3H3,(H,16,19);1H. The van der Waals surface area contributed by atoms with E-state index in [9.17, 15) is 9.59 Å². The molecule has 1 aliphatic carbocycles. The predicted molar refractivity (Wildman–Crippen MR) is 80.5 cm³/mol. The van der Waals surface area contributed by atoms with Gasteiger partial charge in [-0.15, -0.1) is 12.4 Å². The minimum absolute atomic E-state index is 0. The van der Waals surface area contributed by atoms with Gasteiger partial charge in [0.2, 0.25) is 11.8 Å². The van der Waals surface area contributed by atoms with E-state index in [4.69, 9.17) is 5.73 Å². The first-order valence-corrected chi connectivity index (χ1v) is 7.10. The van der Waals surface area contributed by atoms with Crippen LogP contribution in [0.3, 0.4) is 0 Å². The Balaban J connectivity index is 0.00000200. The zero-order chi connectivity index (χ0) is 14.2. The summed E-state index contributed by atoms with van der Waals surface area (Å²) in [6.45, 7) is 7.19. The van der Waals surface area contributed by atoms with E-state index < -0.39 is 5.41 Å². The fraction of sp³-hybridized carbons (Fsp3) is 0.857. The third kappa shape index (κ3) is 3.64. The van der Waals surface area contributed by atoms with Crippen LogP contribution in [0.1, 0.15) is 33.6 Å². The van der Waals surface area contributed by atoms with Gasteiger partial charge < -0.3 is 16.0 Å². The molecule has 0 radical (unpaired) electrons. The Morgan fingerprint density at radius 3 is 2.45 bits per heavy atom. The lowest BCUT2D eigenvalue weighted by Crippen LogP contribution is -2.43. The molecule has 2 amide bonds. The molecule has 2 fully saturated rings. The highest BCUT2D eigenvalue weighted by molar-refractivity contribution is 5.87. The lowest BCUT2D eigenvalue weighted by Gasteiger charge is -2.21. The maximum atomic E-state index is 12.1. The molecule has 3 N–H and O–H groups in total. The fourth-order valence-electron chi connectivity index (χ4n) is 3.04. The summed E-state index contributed by atoms with van der Waals surface area (Å²) in [5.74, 6) is 0.954. The van der Waals surface area contributed by atoms with E-state index >= 15 is 0 Å². The molecular formula is C14H26ClN3O2. The van der Waals surface area contributed by atoms with Gasteiger partial charge in [-0.2, -0.15) is 0 Å². The molecule has 6 heteroatoms. The molecule has 3 unspecified atom stereocenters. The van der Waals surface area contributed by atoms with Crippen LogP contribution in [0, 0.1) is 17.3 Å². The van der Waals surface area contributed by atoms with E-state index in [1.54, 1.807) is 0 Å². The number of halogens is 1. The van der Waals surface area contributed by atoms with Crippen molar-refractivity contribution < 1.29 is 9.59 Å². The van der Waals surface area contributed by atoms with E-state index in [-0.39, 0.29) is 36.8 Å². The van der Waals surface area contributed by atoms with Gasteiger partial charge in [0.1, 0.15) is 0 Å². The molecule has 116 valence electrons. The zero-order valence-electron chi connectivity index (χ0n) is 12.5. The first kappa shape index (κ1) is 17.2. The molecular weight excluding hydrogens is 278 g/mol. The maximum absolute atomic E-state index is 12.1. The number of nitrogens with two attached hydrogens (primary N) is 1. The van der Waals surface area contributed by atoms with Crippen LogP contribution in [0.4, 0.5) is 0 Å². The summed E-state index contributed by atoms with van der Waals surface area (Å²) in [6.07, 6.45) is 2.21. The quantitative estimate of drug-likeness (QED) is 0.791. The minimum atomic E-state index is -0.454. The lowest BCUT2D eigenvalue weighted by atomic mass is 9.96. The number of carbonyl (C=O) groups is 2. The van der Waals surface area contributed by atoms with Crippen LogP contribution in [0.15, 0.2) is 0 Å². The van der Waals surface area contributed by atoms with Crippen LogP contribution in [0.25, 0.3) is 0 Å². The van der Waals surface area contributed by atoms with Crippen molar-refractivity contribution in [2.45, 2.75) is 39.7 Å². The molecule has 3 atom stereocenters. The van der Waals surface area contributed by atoms with Crippen LogP contribution in [-0.2, 0) is 9.59 Å². The van der Waals surface area contributed by atoms with Crippen molar-refractivity contribution in [2.24, 2.45) is 23.0 Å². The summed E-state index contributed by atoms with van der Waals surface area (Å²) < 4.78 is 0. The van der Waals surface area contributed by atoms with E-state index in [0.717, 1.165) is 25.9 Å². The third-order valence-electron chi connectivity index (χ3n) is 4.35. The van der Waals surface area contributed by atoms with Crippen molar-refractivity contribution in [1.29, 1.82) is 0 Å². The molecule has 0 aromatic heterocycles. The average Bonchev–Trinajstić information content (AvgIpc) is 2.87. The number of likely N-dealkylation sites (tertiary alicyclic amines) is 1. The Bertz CT molecular complexity index is 381. The van der Waals surface area contributed by atoms with Gasteiger partial charge in [-0.3, -0.25) is 9.59 Å². The lowest BCUT2D eigenvalue weighted by molar-refractivity contribution is -0.134. The van der Waals surface area contributed by atoms with Crippen LogP contribution >= 0.6 is 12.4 Å². The normalized spacial score (nSPS) is 28.8. The molecule has 20 heavy (non-hydrogen) atoms. The highest BCUT2D eigenvalue weighted by atomic mass is 35.5. The molecule has 0 aromatic carbocycles. The Hall–Kier alpha value is -0.810. The Morgan fingerprint density at radius 2 is 1.90 bits per heavy atom. The van der Waals surface area contributed by atoms with Crippen molar-refractivity contribution >= 4 is 24.2 Å². The summed E-state index contributed by atoms with van der Waals surface area (Å²) in [6, 6.07) is 0.243. The van der Waals surface area contributed by atoms with Gasteiger partial charge in [0.25, 0.3) is 0 Å². The number of amides is 2. The average molecular weight is 304 g/mol. The number of carbonyl (C=O) groups excluding carboxylic acids is 2. The molecule has 5 nitrogen and oxygen atoms in total. The first-order chi connectivity index (χ1) is 8.79. The Morgan fingerprint density at radius 1 is 1.25 bits per heavy atom. The molecule has 2 aliphatic rings. The van der Waals surface area contributed by atoms with Gasteiger partial charge in [0.05, 0.1) is 6.54 Å². The number of nitrogens with zero attached hydrogens (tertiary/aromatic N) is 1. The zero-order valence-corrected chi connectivity index (χ0v) is 13.3. The Labute approximate surface area is 127 Å². The van der Waals surface area contributed by atoms with E-state index in [0.29, 0.717) is 11.8 Å². The van der Waals surface area contributed by atoms with Crippen LogP contribution < -0.4 is 11.1 Å². The fourth-order valence-corrected chi connectivity index (χ4v) is 3.04. The largest absolute Gasteiger partial charge is 0.347 e. The van der Waals surface area contributed by atoms with Crippen molar-refractivity contribution in [3.63, 3.8) is 0 Å². The van der Waals surface area contributed by atoms with Crippen LogP contribution in [0.5, 0.6) is 0 Å². The van der Waals surface area contributed by atoms with Gasteiger partial charge in [-0.25, -0.2) is 0 Å². The van der Waals surface area contributed by atoms with Crippen molar-refractivity contribution in [1.82, 2.24) is 10.2 Å². The van der Waals surface area contributed by atoms with E-state index in [2.05, 4.69) is 5.32 Å². The highest BCUT2D eigenvalue weighted by Gasteiger charge is 2.42. The van der Waals surface area contributed by atoms with E-state index in [1.807, 2.05) is 25.7 Å². The van der Waals surface area contributed by atoms with Gasteiger partial charge in [-0.1, -0.05) is 20.8 Å². The molecule has 0 bridgehead atoms. The molecule has 1 aliphatic heterocycles. The molecule has 0 spiro atoms. The second-order valence-corrected chi connectivity index (χ2v) is 6.90. The van der Waals surface area contributed by atoms with Crippen molar-refractivity contribution in [2.75, 3.05) is 19.6 Å². The SMILES string of the molecule is CC(C)(C)C(=O)NCC(=O)N1CC2CCC(N)C2C1.Cl. The summed E-state index contributed by atoms with van der Waals surface area (Å²) in [5, 5.41) is 2.71. The van der Waals surface area contributed by atoms with Gasteiger partial charge >= 0.3 is 0 Å². The van der Waals surface area contributed by atoms with Crippen LogP contribution in [0.2, 0.25) is 0 Å². The van der Waals surface area contributed by atoms with Gasteiger partial charge in [-0.05, 0) is 24.7 Å². The Kier molecular flexibility index (Phi) is 5.44. The van der Waals surface area contributed by atoms with Crippen molar-refractivity contribution in [3.05, 3.63) is 0 Å². The van der Waals surface area contributed by atoms with Crippen LogP contribution in [-0.4, -0.2) is 42.4 Å². The molecule has 1 heterocycles. The predicted octanol–water partition coefficient (Wildman–Crippen LogP) is 0.766. The second kappa shape index (κ2) is 6.31. The summed E-state index contributed by atoms with van der Waals surface area (Å²) in [7, 11) is 0. The third-order valence-corrected chi connectivity index (χ3v) is 4.35. The maximum Gasteiger partial charge on any atom is 0.241 e. The second-order valence-electron chi connectivity index (χ2n) is 6.90. The number of hydrogen-bond donors (Lipinski definition) is 2. The molecule has 1 saturated carbocycles. The van der Waals surface area contributed by atoms with Crippen molar-refractivity contribution in [3.8, 4) is 0 Å². The smallest absolute Gasteiger partial charge is 0.241 e. The molecule has 2 rings (SSSR count). The number of fused-ring (bicyclic) bond motifs is 1. The first-order valence-electron chi connectivity index (χ1n) is 7.10. The number of nitrogens with one attached hydrogen (secondary N) is 1. The van der Waals surface area contributed by atoms with E-state index in [1.165, 1.54) is 0 Å². The topological polar surface area (TPSA) is 75.4 Å². The molecule has 0 aromatic rings. The van der Waals surface area contributed by atoms with Gasteiger partial charge in [0.15, 0.2) is 0 Å². The summed E-state index contributed by atoms with van der Waals surface area (Å²) in [5.41, 5.74) is 5.60. The summed E-state index contributed by atoms with van der Waals surface area (Å²) in [4.78, 5) is 25.7. The monoisotopic (exact) mass is 303 g/mol. The highest BCUT2D eigenvalue weighted by Crippen LogP contribution is 2.36. The molecule has 1 saturated heterocycles. The minimum Gasteiger partial charge on any atom is -0.347 e. The van der Waals surface area contributed by atoms with Gasteiger partial charge in [0, 0.05) is 24.5 Å².